The van der Waals surface area contributed by atoms with E-state index in [2.05, 4.69) is 11.0 Å². The molecular formula is C28H26ClN5O3. The highest BCUT2D eigenvalue weighted by molar-refractivity contribution is 6.33. The number of nitro groups is 1. The quantitative estimate of drug-likeness (QED) is 0.252. The Morgan fingerprint density at radius 3 is 2.30 bits per heavy atom. The molecule has 2 heterocycles. The van der Waals surface area contributed by atoms with Gasteiger partial charge in [0.05, 0.1) is 21.3 Å². The minimum absolute atomic E-state index is 0.0616. The van der Waals surface area contributed by atoms with Gasteiger partial charge in [-0.15, -0.1) is 0 Å². The van der Waals surface area contributed by atoms with Gasteiger partial charge in [-0.2, -0.15) is 5.10 Å². The van der Waals surface area contributed by atoms with Crippen molar-refractivity contribution in [3.05, 3.63) is 105 Å². The number of benzene rings is 3. The summed E-state index contributed by atoms with van der Waals surface area (Å²) in [5.74, 6) is -0.103. The maximum Gasteiger partial charge on any atom is 0.272 e. The molecule has 0 unspecified atom stereocenters. The average Bonchev–Trinajstić information content (AvgIpc) is 3.33. The van der Waals surface area contributed by atoms with Crippen LogP contribution in [0.25, 0.3) is 16.9 Å². The number of piperazine rings is 1. The largest absolute Gasteiger partial charge is 0.368 e. The van der Waals surface area contributed by atoms with Crippen LogP contribution in [0.4, 0.5) is 11.4 Å². The van der Waals surface area contributed by atoms with Gasteiger partial charge in [-0.25, -0.2) is 4.68 Å². The normalized spacial score (nSPS) is 13.6. The van der Waals surface area contributed by atoms with Gasteiger partial charge in [-0.3, -0.25) is 14.9 Å². The lowest BCUT2D eigenvalue weighted by atomic mass is 10.1. The number of aryl methyl sites for hydroxylation is 2. The maximum absolute atomic E-state index is 13.8. The molecule has 1 fully saturated rings. The van der Waals surface area contributed by atoms with Gasteiger partial charge in [0, 0.05) is 49.6 Å². The molecular weight excluding hydrogens is 490 g/mol. The van der Waals surface area contributed by atoms with Crippen molar-refractivity contribution in [3.8, 4) is 16.9 Å². The van der Waals surface area contributed by atoms with Gasteiger partial charge in [-0.05, 0) is 49.7 Å². The molecule has 1 amide bonds. The van der Waals surface area contributed by atoms with Gasteiger partial charge in [0.1, 0.15) is 5.69 Å². The molecule has 3 aromatic carbocycles. The van der Waals surface area contributed by atoms with Crippen LogP contribution in [0.2, 0.25) is 5.02 Å². The highest BCUT2D eigenvalue weighted by atomic mass is 35.5. The number of amides is 1. The lowest BCUT2D eigenvalue weighted by Crippen LogP contribution is -2.49. The number of non-ortho nitro benzene ring substituents is 1. The monoisotopic (exact) mass is 515 g/mol. The lowest BCUT2D eigenvalue weighted by Gasteiger charge is -2.36. The van der Waals surface area contributed by atoms with Crippen LogP contribution in [-0.4, -0.2) is 51.7 Å². The predicted octanol–water partition coefficient (Wildman–Crippen LogP) is 5.68. The van der Waals surface area contributed by atoms with E-state index in [-0.39, 0.29) is 11.6 Å². The molecule has 8 nitrogen and oxygen atoms in total. The Morgan fingerprint density at radius 1 is 0.946 bits per heavy atom. The Balaban J connectivity index is 1.43. The second-order valence-electron chi connectivity index (χ2n) is 9.15. The topological polar surface area (TPSA) is 84.5 Å². The summed E-state index contributed by atoms with van der Waals surface area (Å²) >= 11 is 6.46. The molecule has 4 aromatic rings. The smallest absolute Gasteiger partial charge is 0.272 e. The molecule has 1 aliphatic heterocycles. The Morgan fingerprint density at radius 2 is 1.65 bits per heavy atom. The first kappa shape index (κ1) is 24.5. The fourth-order valence-corrected chi connectivity index (χ4v) is 4.91. The van der Waals surface area contributed by atoms with Crippen molar-refractivity contribution in [3.63, 3.8) is 0 Å². The van der Waals surface area contributed by atoms with Gasteiger partial charge in [-0.1, -0.05) is 47.5 Å². The van der Waals surface area contributed by atoms with Crippen molar-refractivity contribution in [2.45, 2.75) is 13.8 Å². The zero-order chi connectivity index (χ0) is 26.1. The number of halogens is 1. The van der Waals surface area contributed by atoms with E-state index in [0.29, 0.717) is 42.6 Å². The van der Waals surface area contributed by atoms with E-state index in [1.807, 2.05) is 61.2 Å². The molecule has 0 atom stereocenters. The molecule has 188 valence electrons. The van der Waals surface area contributed by atoms with Crippen LogP contribution in [0.15, 0.2) is 72.8 Å². The molecule has 1 saturated heterocycles. The predicted molar refractivity (Wildman–Crippen MR) is 145 cm³/mol. The number of nitrogens with zero attached hydrogens (tertiary/aromatic N) is 5. The van der Waals surface area contributed by atoms with Crippen LogP contribution < -0.4 is 4.90 Å². The van der Waals surface area contributed by atoms with Gasteiger partial charge in [0.2, 0.25) is 0 Å². The van der Waals surface area contributed by atoms with Crippen LogP contribution in [0.3, 0.4) is 0 Å². The number of rotatable bonds is 5. The summed E-state index contributed by atoms with van der Waals surface area (Å²) in [6, 6.07) is 21.9. The first-order valence-electron chi connectivity index (χ1n) is 12.0. The third kappa shape index (κ3) is 4.93. The lowest BCUT2D eigenvalue weighted by molar-refractivity contribution is -0.384. The number of hydrogen-bond donors (Lipinski definition) is 0. The summed E-state index contributed by atoms with van der Waals surface area (Å²) in [6.45, 7) is 6.34. The molecule has 0 N–H and O–H groups in total. The van der Waals surface area contributed by atoms with Crippen LogP contribution in [0, 0.1) is 24.0 Å². The van der Waals surface area contributed by atoms with Gasteiger partial charge in [0.15, 0.2) is 0 Å². The average molecular weight is 516 g/mol. The molecule has 0 radical (unpaired) electrons. The molecule has 1 aromatic heterocycles. The van der Waals surface area contributed by atoms with E-state index < -0.39 is 4.92 Å². The standard InChI is InChI=1S/C28H26ClN5O3/c1-19-7-12-26(20(2)17-19)33-27(18-25(30-33)23-5-3-4-6-24(23)29)28(35)32-15-13-31(14-16-32)21-8-10-22(11-9-21)34(36)37/h3-12,17-18H,13-16H2,1-2H3. The van der Waals surface area contributed by atoms with Crippen LogP contribution in [0.1, 0.15) is 21.6 Å². The third-order valence-electron chi connectivity index (χ3n) is 6.65. The first-order chi connectivity index (χ1) is 17.8. The van der Waals surface area contributed by atoms with Crippen molar-refractivity contribution in [2.24, 2.45) is 0 Å². The Kier molecular flexibility index (Phi) is 6.67. The van der Waals surface area contributed by atoms with E-state index >= 15 is 0 Å². The number of carbonyl (C=O) groups is 1. The summed E-state index contributed by atoms with van der Waals surface area (Å²) in [5, 5.41) is 16.3. The van der Waals surface area contributed by atoms with Crippen LogP contribution in [0.5, 0.6) is 0 Å². The van der Waals surface area contributed by atoms with Gasteiger partial charge in [0.25, 0.3) is 11.6 Å². The molecule has 5 rings (SSSR count). The fraction of sp³-hybridized carbons (Fsp3) is 0.214. The van der Waals surface area contributed by atoms with E-state index in [1.165, 1.54) is 12.1 Å². The number of aromatic nitrogens is 2. The molecule has 0 aliphatic carbocycles. The first-order valence-corrected chi connectivity index (χ1v) is 12.4. The Hall–Kier alpha value is -4.17. The summed E-state index contributed by atoms with van der Waals surface area (Å²) in [4.78, 5) is 28.3. The van der Waals surface area contributed by atoms with Crippen molar-refractivity contribution >= 4 is 28.9 Å². The number of anilines is 1. The Bertz CT molecular complexity index is 1470. The van der Waals surface area contributed by atoms with E-state index in [9.17, 15) is 14.9 Å². The summed E-state index contributed by atoms with van der Waals surface area (Å²) in [7, 11) is 0. The van der Waals surface area contributed by atoms with Crippen LogP contribution in [-0.2, 0) is 0 Å². The van der Waals surface area contributed by atoms with E-state index in [4.69, 9.17) is 16.7 Å². The van der Waals surface area contributed by atoms with Crippen LogP contribution >= 0.6 is 11.6 Å². The van der Waals surface area contributed by atoms with E-state index in [0.717, 1.165) is 28.1 Å². The number of hydrogen-bond acceptors (Lipinski definition) is 5. The highest BCUT2D eigenvalue weighted by Gasteiger charge is 2.27. The highest BCUT2D eigenvalue weighted by Crippen LogP contribution is 2.30. The van der Waals surface area contributed by atoms with Gasteiger partial charge < -0.3 is 9.80 Å². The molecule has 9 heteroatoms. The third-order valence-corrected chi connectivity index (χ3v) is 6.98. The maximum atomic E-state index is 13.8. The summed E-state index contributed by atoms with van der Waals surface area (Å²) in [5.41, 5.74) is 5.84. The molecule has 0 saturated carbocycles. The zero-order valence-corrected chi connectivity index (χ0v) is 21.4. The van der Waals surface area contributed by atoms with Crippen molar-refractivity contribution in [1.82, 2.24) is 14.7 Å². The molecule has 0 bridgehead atoms. The molecule has 0 spiro atoms. The minimum Gasteiger partial charge on any atom is -0.368 e. The molecule has 1 aliphatic rings. The fourth-order valence-electron chi connectivity index (χ4n) is 4.68. The minimum atomic E-state index is -0.407. The van der Waals surface area contributed by atoms with Gasteiger partial charge >= 0.3 is 0 Å². The van der Waals surface area contributed by atoms with Crippen molar-refractivity contribution in [2.75, 3.05) is 31.1 Å². The molecule has 37 heavy (non-hydrogen) atoms. The zero-order valence-electron chi connectivity index (χ0n) is 20.6. The van der Waals surface area contributed by atoms with Crippen molar-refractivity contribution < 1.29 is 9.72 Å². The van der Waals surface area contributed by atoms with Crippen molar-refractivity contribution in [1.29, 1.82) is 0 Å². The number of carbonyl (C=O) groups excluding carboxylic acids is 1. The Labute approximate surface area is 219 Å². The SMILES string of the molecule is Cc1ccc(-n2nc(-c3ccccc3Cl)cc2C(=O)N2CCN(c3ccc([N+](=O)[O-])cc3)CC2)c(C)c1. The number of nitro benzene ring substituents is 1. The second-order valence-corrected chi connectivity index (χ2v) is 9.56. The van der Waals surface area contributed by atoms with E-state index in [1.54, 1.807) is 16.8 Å². The summed E-state index contributed by atoms with van der Waals surface area (Å²) in [6.07, 6.45) is 0. The second kappa shape index (κ2) is 10.1. The summed E-state index contributed by atoms with van der Waals surface area (Å²) < 4.78 is 1.72.